The zero-order valence-corrected chi connectivity index (χ0v) is 12.9. The molecule has 0 spiro atoms. The maximum atomic E-state index is 12.7. The average molecular weight is 301 g/mol. The predicted molar refractivity (Wildman–Crippen MR) is 84.1 cm³/mol. The quantitative estimate of drug-likeness (QED) is 0.923. The van der Waals surface area contributed by atoms with E-state index in [0.29, 0.717) is 24.8 Å². The fraction of sp³-hybridized carbons (Fsp3) is 0.375. The van der Waals surface area contributed by atoms with Crippen molar-refractivity contribution in [3.63, 3.8) is 0 Å². The molecule has 21 heavy (non-hydrogen) atoms. The molecule has 0 aliphatic heterocycles. The van der Waals surface area contributed by atoms with Gasteiger partial charge in [-0.3, -0.25) is 4.79 Å². The third-order valence-corrected chi connectivity index (χ3v) is 4.54. The molecule has 2 N–H and O–H groups in total. The number of carbonyl (C=O) groups is 1. The van der Waals surface area contributed by atoms with Gasteiger partial charge in [0, 0.05) is 24.5 Å². The molecule has 110 valence electrons. The molecule has 1 fully saturated rings. The molecule has 0 bridgehead atoms. The van der Waals surface area contributed by atoms with Gasteiger partial charge in [0.1, 0.15) is 10.7 Å². The number of hydrogen-bond acceptors (Lipinski definition) is 4. The van der Waals surface area contributed by atoms with Gasteiger partial charge in [0.25, 0.3) is 5.91 Å². The first-order chi connectivity index (χ1) is 10.2. The first-order valence-electron chi connectivity index (χ1n) is 7.18. The Morgan fingerprint density at radius 3 is 2.67 bits per heavy atom. The number of nitrogens with zero attached hydrogens (tertiary/aromatic N) is 2. The van der Waals surface area contributed by atoms with Gasteiger partial charge in [-0.15, -0.1) is 11.3 Å². The van der Waals surface area contributed by atoms with Crippen LogP contribution in [0.1, 0.15) is 39.5 Å². The smallest absolute Gasteiger partial charge is 0.273 e. The molecule has 1 aromatic carbocycles. The number of amides is 1. The van der Waals surface area contributed by atoms with Crippen molar-refractivity contribution in [3.05, 3.63) is 51.5 Å². The summed E-state index contributed by atoms with van der Waals surface area (Å²) in [6, 6.07) is 8.71. The van der Waals surface area contributed by atoms with Crippen molar-refractivity contribution < 1.29 is 4.79 Å². The van der Waals surface area contributed by atoms with Gasteiger partial charge in [-0.1, -0.05) is 29.8 Å². The minimum Gasteiger partial charge on any atom is -0.330 e. The monoisotopic (exact) mass is 301 g/mol. The summed E-state index contributed by atoms with van der Waals surface area (Å²) in [6.07, 6.45) is 2.18. The van der Waals surface area contributed by atoms with Crippen molar-refractivity contribution in [1.82, 2.24) is 9.88 Å². The molecule has 1 aliphatic carbocycles. The maximum Gasteiger partial charge on any atom is 0.273 e. The molecule has 1 aliphatic rings. The van der Waals surface area contributed by atoms with E-state index in [-0.39, 0.29) is 5.91 Å². The van der Waals surface area contributed by atoms with Crippen LogP contribution in [0.2, 0.25) is 0 Å². The lowest BCUT2D eigenvalue weighted by atomic mass is 10.1. The molecular weight excluding hydrogens is 282 g/mol. The molecule has 0 unspecified atom stereocenters. The van der Waals surface area contributed by atoms with Crippen molar-refractivity contribution in [1.29, 1.82) is 0 Å². The van der Waals surface area contributed by atoms with Crippen LogP contribution >= 0.6 is 11.3 Å². The van der Waals surface area contributed by atoms with Crippen molar-refractivity contribution in [2.45, 2.75) is 38.9 Å². The first-order valence-corrected chi connectivity index (χ1v) is 8.06. The molecule has 1 amide bonds. The molecule has 0 atom stereocenters. The SMILES string of the molecule is Cc1ccc(CN(C(=O)c2csc(CN)n2)C2CC2)cc1. The maximum absolute atomic E-state index is 12.7. The third-order valence-electron chi connectivity index (χ3n) is 3.67. The van der Waals surface area contributed by atoms with E-state index in [0.717, 1.165) is 23.4 Å². The van der Waals surface area contributed by atoms with E-state index in [1.807, 2.05) is 10.3 Å². The Balaban J connectivity index is 1.77. The van der Waals surface area contributed by atoms with E-state index in [1.54, 1.807) is 0 Å². The van der Waals surface area contributed by atoms with E-state index < -0.39 is 0 Å². The van der Waals surface area contributed by atoms with E-state index in [1.165, 1.54) is 16.9 Å². The molecule has 4 nitrogen and oxygen atoms in total. The Hall–Kier alpha value is -1.72. The molecule has 1 saturated carbocycles. The summed E-state index contributed by atoms with van der Waals surface area (Å²) < 4.78 is 0. The second-order valence-corrected chi connectivity index (χ2v) is 6.42. The van der Waals surface area contributed by atoms with Gasteiger partial charge in [0.05, 0.1) is 0 Å². The fourth-order valence-corrected chi connectivity index (χ4v) is 2.94. The highest BCUT2D eigenvalue weighted by Crippen LogP contribution is 2.30. The molecule has 0 radical (unpaired) electrons. The normalized spacial score (nSPS) is 14.2. The largest absolute Gasteiger partial charge is 0.330 e. The lowest BCUT2D eigenvalue weighted by Crippen LogP contribution is -2.32. The van der Waals surface area contributed by atoms with Gasteiger partial charge in [-0.05, 0) is 25.3 Å². The highest BCUT2D eigenvalue weighted by Gasteiger charge is 2.33. The number of nitrogens with two attached hydrogens (primary N) is 1. The number of carbonyl (C=O) groups excluding carboxylic acids is 1. The first kappa shape index (κ1) is 14.2. The molecular formula is C16H19N3OS. The molecule has 5 heteroatoms. The number of hydrogen-bond donors (Lipinski definition) is 1. The van der Waals surface area contributed by atoms with Gasteiger partial charge in [-0.2, -0.15) is 0 Å². The molecule has 1 heterocycles. The van der Waals surface area contributed by atoms with Gasteiger partial charge < -0.3 is 10.6 Å². The fourth-order valence-electron chi connectivity index (χ4n) is 2.29. The van der Waals surface area contributed by atoms with Crippen LogP contribution in [0, 0.1) is 6.92 Å². The molecule has 3 rings (SSSR count). The number of rotatable bonds is 5. The van der Waals surface area contributed by atoms with E-state index >= 15 is 0 Å². The van der Waals surface area contributed by atoms with Crippen molar-refractivity contribution in [3.8, 4) is 0 Å². The average Bonchev–Trinajstić information content (AvgIpc) is 3.22. The van der Waals surface area contributed by atoms with E-state index in [9.17, 15) is 4.79 Å². The summed E-state index contributed by atoms with van der Waals surface area (Å²) in [5.41, 5.74) is 8.49. The van der Waals surface area contributed by atoms with Crippen LogP contribution in [0.25, 0.3) is 0 Å². The summed E-state index contributed by atoms with van der Waals surface area (Å²) in [4.78, 5) is 18.9. The van der Waals surface area contributed by atoms with Gasteiger partial charge >= 0.3 is 0 Å². The third kappa shape index (κ3) is 3.31. The summed E-state index contributed by atoms with van der Waals surface area (Å²) in [6.45, 7) is 3.11. The van der Waals surface area contributed by atoms with Crippen molar-refractivity contribution >= 4 is 17.2 Å². The number of aromatic nitrogens is 1. The number of aryl methyl sites for hydroxylation is 1. The topological polar surface area (TPSA) is 59.2 Å². The van der Waals surface area contributed by atoms with Crippen LogP contribution in [0.4, 0.5) is 0 Å². The molecule has 1 aromatic heterocycles. The lowest BCUT2D eigenvalue weighted by Gasteiger charge is -2.21. The lowest BCUT2D eigenvalue weighted by molar-refractivity contribution is 0.0724. The summed E-state index contributed by atoms with van der Waals surface area (Å²) in [7, 11) is 0. The van der Waals surface area contributed by atoms with E-state index in [4.69, 9.17) is 5.73 Å². The Kier molecular flexibility index (Phi) is 4.03. The van der Waals surface area contributed by atoms with Gasteiger partial charge in [0.2, 0.25) is 0 Å². The standard InChI is InChI=1S/C16H19N3OS/c1-11-2-4-12(5-3-11)9-19(13-6-7-13)16(20)14-10-21-15(8-17)18-14/h2-5,10,13H,6-9,17H2,1H3. The van der Waals surface area contributed by atoms with Crippen LogP contribution in [0.15, 0.2) is 29.6 Å². The number of benzene rings is 1. The zero-order chi connectivity index (χ0) is 14.8. The Bertz CT molecular complexity index is 631. The van der Waals surface area contributed by atoms with Crippen LogP contribution in [-0.2, 0) is 13.1 Å². The Labute approximate surface area is 128 Å². The van der Waals surface area contributed by atoms with Gasteiger partial charge in [-0.25, -0.2) is 4.98 Å². The summed E-state index contributed by atoms with van der Waals surface area (Å²) >= 11 is 1.45. The zero-order valence-electron chi connectivity index (χ0n) is 12.1. The second-order valence-electron chi connectivity index (χ2n) is 5.48. The number of thiazole rings is 1. The van der Waals surface area contributed by atoms with Crippen LogP contribution in [0.3, 0.4) is 0 Å². The Morgan fingerprint density at radius 2 is 2.10 bits per heavy atom. The van der Waals surface area contributed by atoms with Crippen LogP contribution in [0.5, 0.6) is 0 Å². The van der Waals surface area contributed by atoms with Gasteiger partial charge in [0.15, 0.2) is 0 Å². The van der Waals surface area contributed by atoms with E-state index in [2.05, 4.69) is 36.2 Å². The highest BCUT2D eigenvalue weighted by molar-refractivity contribution is 7.09. The Morgan fingerprint density at radius 1 is 1.38 bits per heavy atom. The minimum absolute atomic E-state index is 0.0222. The predicted octanol–water partition coefficient (Wildman–Crippen LogP) is 2.72. The minimum atomic E-state index is 0.0222. The van der Waals surface area contributed by atoms with Crippen molar-refractivity contribution in [2.24, 2.45) is 5.73 Å². The summed E-state index contributed by atoms with van der Waals surface area (Å²) in [5, 5.41) is 2.62. The molecule has 2 aromatic rings. The van der Waals surface area contributed by atoms with Crippen LogP contribution < -0.4 is 5.73 Å². The van der Waals surface area contributed by atoms with Crippen molar-refractivity contribution in [2.75, 3.05) is 0 Å². The molecule has 0 saturated heterocycles. The summed E-state index contributed by atoms with van der Waals surface area (Å²) in [5.74, 6) is 0.0222. The van der Waals surface area contributed by atoms with Crippen LogP contribution in [-0.4, -0.2) is 21.8 Å². The second kappa shape index (κ2) is 5.95. The highest BCUT2D eigenvalue weighted by atomic mass is 32.1.